The lowest BCUT2D eigenvalue weighted by molar-refractivity contribution is 0.412. The fraction of sp³-hybridized carbons (Fsp3) is 0.0667. The number of aromatic nitrogens is 1. The monoisotopic (exact) mass is 314 g/mol. The molecule has 0 saturated carbocycles. The number of pyridine rings is 1. The van der Waals surface area contributed by atoms with Crippen molar-refractivity contribution in [3.05, 3.63) is 58.3 Å². The Bertz CT molecular complexity index is 645. The Hall–Kier alpha value is -2.12. The smallest absolute Gasteiger partial charge is 0.133 e. The van der Waals surface area contributed by atoms with Crippen LogP contribution in [0.3, 0.4) is 0 Å². The third kappa shape index (κ3) is 3.21. The van der Waals surface area contributed by atoms with Gasteiger partial charge in [0.15, 0.2) is 0 Å². The van der Waals surface area contributed by atoms with Gasteiger partial charge in [-0.1, -0.05) is 12.1 Å². The van der Waals surface area contributed by atoms with E-state index in [0.717, 1.165) is 15.8 Å². The summed E-state index contributed by atoms with van der Waals surface area (Å²) in [7, 11) is 1.62. The van der Waals surface area contributed by atoms with Crippen molar-refractivity contribution in [2.45, 2.75) is 0 Å². The SMILES string of the molecule is COc1ccc(/C=C(\C#N)c2ccccn2)cc1Br. The maximum absolute atomic E-state index is 9.22. The second-order valence-electron chi connectivity index (χ2n) is 3.78. The Morgan fingerprint density at radius 1 is 1.37 bits per heavy atom. The van der Waals surface area contributed by atoms with Gasteiger partial charge in [-0.2, -0.15) is 5.26 Å². The van der Waals surface area contributed by atoms with Crippen LogP contribution in [0.4, 0.5) is 0 Å². The van der Waals surface area contributed by atoms with Crippen LogP contribution < -0.4 is 4.74 Å². The largest absolute Gasteiger partial charge is 0.496 e. The number of methoxy groups -OCH3 is 1. The van der Waals surface area contributed by atoms with Crippen LogP contribution in [0, 0.1) is 11.3 Å². The standard InChI is InChI=1S/C15H11BrN2O/c1-19-15-6-5-11(9-13(15)16)8-12(10-17)14-4-2-3-7-18-14/h2-9H,1H3/b12-8+. The van der Waals surface area contributed by atoms with E-state index in [0.29, 0.717) is 11.3 Å². The Kier molecular flexibility index (Phi) is 4.32. The first-order valence-electron chi connectivity index (χ1n) is 5.61. The van der Waals surface area contributed by atoms with Crippen molar-refractivity contribution in [3.63, 3.8) is 0 Å². The Labute approximate surface area is 120 Å². The summed E-state index contributed by atoms with van der Waals surface area (Å²) in [4.78, 5) is 4.18. The van der Waals surface area contributed by atoms with Crippen LogP contribution in [-0.2, 0) is 0 Å². The van der Waals surface area contributed by atoms with Crippen LogP contribution in [0.2, 0.25) is 0 Å². The molecule has 2 aromatic rings. The summed E-state index contributed by atoms with van der Waals surface area (Å²) in [6.07, 6.45) is 3.47. The minimum Gasteiger partial charge on any atom is -0.496 e. The van der Waals surface area contributed by atoms with Gasteiger partial charge in [-0.25, -0.2) is 0 Å². The summed E-state index contributed by atoms with van der Waals surface area (Å²) >= 11 is 3.42. The highest BCUT2D eigenvalue weighted by Crippen LogP contribution is 2.27. The van der Waals surface area contributed by atoms with Gasteiger partial charge in [0.25, 0.3) is 0 Å². The summed E-state index contributed by atoms with van der Waals surface area (Å²) in [5.41, 5.74) is 2.10. The summed E-state index contributed by atoms with van der Waals surface area (Å²) in [6.45, 7) is 0. The van der Waals surface area contributed by atoms with Crippen molar-refractivity contribution in [2.75, 3.05) is 7.11 Å². The highest BCUT2D eigenvalue weighted by atomic mass is 79.9. The maximum atomic E-state index is 9.22. The van der Waals surface area contributed by atoms with Crippen LogP contribution in [0.1, 0.15) is 11.3 Å². The van der Waals surface area contributed by atoms with Crippen molar-refractivity contribution >= 4 is 27.6 Å². The molecule has 94 valence electrons. The topological polar surface area (TPSA) is 45.9 Å². The van der Waals surface area contributed by atoms with Gasteiger partial charge in [0.05, 0.1) is 22.8 Å². The second kappa shape index (κ2) is 6.17. The number of hydrogen-bond acceptors (Lipinski definition) is 3. The van der Waals surface area contributed by atoms with E-state index in [9.17, 15) is 5.26 Å². The van der Waals surface area contributed by atoms with Gasteiger partial charge >= 0.3 is 0 Å². The lowest BCUT2D eigenvalue weighted by atomic mass is 10.1. The quantitative estimate of drug-likeness (QED) is 0.807. The average Bonchev–Trinajstić information content (AvgIpc) is 2.46. The summed E-state index contributed by atoms with van der Waals surface area (Å²) in [5, 5.41) is 9.22. The Morgan fingerprint density at radius 3 is 2.79 bits per heavy atom. The zero-order valence-electron chi connectivity index (χ0n) is 10.3. The van der Waals surface area contributed by atoms with Crippen molar-refractivity contribution in [1.82, 2.24) is 4.98 Å². The van der Waals surface area contributed by atoms with E-state index >= 15 is 0 Å². The molecule has 0 aliphatic rings. The molecule has 0 aliphatic heterocycles. The van der Waals surface area contributed by atoms with Crippen molar-refractivity contribution in [1.29, 1.82) is 5.26 Å². The fourth-order valence-corrected chi connectivity index (χ4v) is 2.18. The third-order valence-electron chi connectivity index (χ3n) is 2.55. The number of halogens is 1. The van der Waals surface area contributed by atoms with E-state index in [-0.39, 0.29) is 0 Å². The predicted octanol–water partition coefficient (Wildman–Crippen LogP) is 3.92. The van der Waals surface area contributed by atoms with E-state index in [4.69, 9.17) is 4.74 Å². The van der Waals surface area contributed by atoms with E-state index in [1.165, 1.54) is 0 Å². The number of hydrogen-bond donors (Lipinski definition) is 0. The maximum Gasteiger partial charge on any atom is 0.133 e. The molecular weight excluding hydrogens is 304 g/mol. The number of rotatable bonds is 3. The predicted molar refractivity (Wildman–Crippen MR) is 78.4 cm³/mol. The molecule has 19 heavy (non-hydrogen) atoms. The summed E-state index contributed by atoms with van der Waals surface area (Å²) < 4.78 is 6.02. The lowest BCUT2D eigenvalue weighted by Gasteiger charge is -2.04. The van der Waals surface area contributed by atoms with Crippen molar-refractivity contribution < 1.29 is 4.74 Å². The van der Waals surface area contributed by atoms with Crippen LogP contribution in [0.15, 0.2) is 47.1 Å². The van der Waals surface area contributed by atoms with Crippen LogP contribution in [-0.4, -0.2) is 12.1 Å². The molecule has 0 N–H and O–H groups in total. The zero-order valence-corrected chi connectivity index (χ0v) is 11.9. The number of allylic oxidation sites excluding steroid dienone is 1. The van der Waals surface area contributed by atoms with Gasteiger partial charge in [0.1, 0.15) is 11.8 Å². The van der Waals surface area contributed by atoms with E-state index in [2.05, 4.69) is 27.0 Å². The van der Waals surface area contributed by atoms with E-state index in [1.807, 2.05) is 36.4 Å². The van der Waals surface area contributed by atoms with Gasteiger partial charge in [0, 0.05) is 6.20 Å². The zero-order chi connectivity index (χ0) is 13.7. The van der Waals surface area contributed by atoms with E-state index < -0.39 is 0 Å². The lowest BCUT2D eigenvalue weighted by Crippen LogP contribution is -1.87. The average molecular weight is 315 g/mol. The van der Waals surface area contributed by atoms with E-state index in [1.54, 1.807) is 19.4 Å². The normalized spacial score (nSPS) is 10.9. The molecule has 0 fully saturated rings. The molecule has 4 heteroatoms. The highest BCUT2D eigenvalue weighted by molar-refractivity contribution is 9.10. The number of nitrogens with zero attached hydrogens (tertiary/aromatic N) is 2. The highest BCUT2D eigenvalue weighted by Gasteiger charge is 2.04. The van der Waals surface area contributed by atoms with Gasteiger partial charge in [-0.3, -0.25) is 4.98 Å². The molecule has 0 radical (unpaired) electrons. The van der Waals surface area contributed by atoms with Crippen molar-refractivity contribution in [2.24, 2.45) is 0 Å². The molecule has 1 aromatic carbocycles. The molecule has 2 rings (SSSR count). The Morgan fingerprint density at radius 2 is 2.21 bits per heavy atom. The molecule has 0 saturated heterocycles. The third-order valence-corrected chi connectivity index (χ3v) is 3.17. The summed E-state index contributed by atoms with van der Waals surface area (Å²) in [5.74, 6) is 0.758. The number of ether oxygens (including phenoxy) is 1. The van der Waals surface area contributed by atoms with Crippen LogP contribution in [0.5, 0.6) is 5.75 Å². The van der Waals surface area contributed by atoms with Crippen LogP contribution >= 0.6 is 15.9 Å². The minimum absolute atomic E-state index is 0.526. The first kappa shape index (κ1) is 13.3. The molecule has 1 aromatic heterocycles. The molecular formula is C15H11BrN2O. The fourth-order valence-electron chi connectivity index (χ4n) is 1.62. The first-order chi connectivity index (χ1) is 9.24. The molecule has 0 amide bonds. The van der Waals surface area contributed by atoms with Gasteiger partial charge in [-0.15, -0.1) is 0 Å². The van der Waals surface area contributed by atoms with Gasteiger partial charge in [-0.05, 0) is 51.8 Å². The van der Waals surface area contributed by atoms with Crippen molar-refractivity contribution in [3.8, 4) is 11.8 Å². The molecule has 0 spiro atoms. The van der Waals surface area contributed by atoms with Gasteiger partial charge < -0.3 is 4.74 Å². The molecule has 3 nitrogen and oxygen atoms in total. The number of benzene rings is 1. The number of nitriles is 1. The molecule has 0 aliphatic carbocycles. The molecule has 0 bridgehead atoms. The summed E-state index contributed by atoms with van der Waals surface area (Å²) in [6, 6.07) is 13.3. The molecule has 1 heterocycles. The molecule has 0 atom stereocenters. The Balaban J connectivity index is 2.39. The van der Waals surface area contributed by atoms with Crippen LogP contribution in [0.25, 0.3) is 11.6 Å². The second-order valence-corrected chi connectivity index (χ2v) is 4.63. The molecule has 0 unspecified atom stereocenters. The first-order valence-corrected chi connectivity index (χ1v) is 6.40. The van der Waals surface area contributed by atoms with Gasteiger partial charge in [0.2, 0.25) is 0 Å². The minimum atomic E-state index is 0.526.